The first-order chi connectivity index (χ1) is 14.6. The number of β-amino-alcohol motifs (C(OH)–C–C–N with tert-alkyl or cyclic N) is 1. The SMILES string of the molecule is COc1cccc(CC[C@@H]2CC[C@H](CCc3cccc(OC)c3)N2C[C@@H](O)CO)c1. The monoisotopic (exact) mass is 413 g/mol. The van der Waals surface area contributed by atoms with Gasteiger partial charge in [-0.1, -0.05) is 24.3 Å². The average molecular weight is 414 g/mol. The molecule has 0 amide bonds. The maximum Gasteiger partial charge on any atom is 0.119 e. The normalized spacial score (nSPS) is 20.3. The highest BCUT2D eigenvalue weighted by atomic mass is 16.5. The van der Waals surface area contributed by atoms with E-state index in [1.807, 2.05) is 24.3 Å². The van der Waals surface area contributed by atoms with Gasteiger partial charge in [0.05, 0.1) is 26.9 Å². The van der Waals surface area contributed by atoms with Crippen molar-refractivity contribution >= 4 is 0 Å². The van der Waals surface area contributed by atoms with E-state index in [1.54, 1.807) is 14.2 Å². The summed E-state index contributed by atoms with van der Waals surface area (Å²) in [6, 6.07) is 17.3. The minimum absolute atomic E-state index is 0.193. The fourth-order valence-electron chi connectivity index (χ4n) is 4.56. The van der Waals surface area contributed by atoms with Gasteiger partial charge < -0.3 is 19.7 Å². The predicted octanol–water partition coefficient (Wildman–Crippen LogP) is 3.46. The van der Waals surface area contributed by atoms with Crippen LogP contribution in [0.4, 0.5) is 0 Å². The molecule has 1 fully saturated rings. The molecule has 0 radical (unpaired) electrons. The van der Waals surface area contributed by atoms with Gasteiger partial charge in [-0.2, -0.15) is 0 Å². The third kappa shape index (κ3) is 6.21. The first-order valence-corrected chi connectivity index (χ1v) is 10.9. The molecular weight excluding hydrogens is 378 g/mol. The molecule has 0 aromatic heterocycles. The highest BCUT2D eigenvalue weighted by molar-refractivity contribution is 5.29. The molecule has 2 aromatic rings. The van der Waals surface area contributed by atoms with Crippen molar-refractivity contribution in [3.05, 3.63) is 59.7 Å². The van der Waals surface area contributed by atoms with E-state index in [0.717, 1.165) is 50.0 Å². The van der Waals surface area contributed by atoms with Gasteiger partial charge >= 0.3 is 0 Å². The lowest BCUT2D eigenvalue weighted by molar-refractivity contribution is 0.0393. The number of methoxy groups -OCH3 is 2. The van der Waals surface area contributed by atoms with Crippen LogP contribution in [-0.2, 0) is 12.8 Å². The Morgan fingerprint density at radius 2 is 1.40 bits per heavy atom. The second-order valence-corrected chi connectivity index (χ2v) is 8.20. The van der Waals surface area contributed by atoms with Gasteiger partial charge in [-0.15, -0.1) is 0 Å². The molecule has 0 unspecified atom stereocenters. The first-order valence-electron chi connectivity index (χ1n) is 10.9. The molecular formula is C25H35NO4. The van der Waals surface area contributed by atoms with E-state index in [-0.39, 0.29) is 6.61 Å². The summed E-state index contributed by atoms with van der Waals surface area (Å²) in [4.78, 5) is 2.43. The molecule has 1 aliphatic heterocycles. The van der Waals surface area contributed by atoms with Crippen molar-refractivity contribution in [1.82, 2.24) is 4.90 Å². The van der Waals surface area contributed by atoms with Gasteiger partial charge in [0.2, 0.25) is 0 Å². The summed E-state index contributed by atoms with van der Waals surface area (Å²) < 4.78 is 10.7. The molecule has 1 heterocycles. The van der Waals surface area contributed by atoms with Gasteiger partial charge in [-0.05, 0) is 73.9 Å². The highest BCUT2D eigenvalue weighted by Gasteiger charge is 2.33. The van der Waals surface area contributed by atoms with E-state index in [9.17, 15) is 10.2 Å². The fourth-order valence-corrected chi connectivity index (χ4v) is 4.56. The third-order valence-corrected chi connectivity index (χ3v) is 6.20. The lowest BCUT2D eigenvalue weighted by Gasteiger charge is -2.32. The number of rotatable bonds is 11. The lowest BCUT2D eigenvalue weighted by Crippen LogP contribution is -2.42. The van der Waals surface area contributed by atoms with E-state index < -0.39 is 6.10 Å². The molecule has 1 saturated heterocycles. The minimum atomic E-state index is -0.693. The summed E-state index contributed by atoms with van der Waals surface area (Å²) in [5, 5.41) is 19.5. The minimum Gasteiger partial charge on any atom is -0.497 e. The van der Waals surface area contributed by atoms with E-state index in [4.69, 9.17) is 9.47 Å². The zero-order chi connectivity index (χ0) is 21.3. The fraction of sp³-hybridized carbons (Fsp3) is 0.520. The van der Waals surface area contributed by atoms with E-state index >= 15 is 0 Å². The number of ether oxygens (including phenoxy) is 2. The molecule has 0 spiro atoms. The Hall–Kier alpha value is -2.08. The molecule has 1 aliphatic rings. The Morgan fingerprint density at radius 3 is 1.83 bits per heavy atom. The average Bonchev–Trinajstić information content (AvgIpc) is 3.17. The Balaban J connectivity index is 1.61. The van der Waals surface area contributed by atoms with Gasteiger partial charge in [0, 0.05) is 18.6 Å². The van der Waals surface area contributed by atoms with Crippen LogP contribution in [0.25, 0.3) is 0 Å². The summed E-state index contributed by atoms with van der Waals surface area (Å²) in [5.41, 5.74) is 2.55. The Kier molecular flexibility index (Phi) is 8.55. The number of hydrogen-bond donors (Lipinski definition) is 2. The van der Waals surface area contributed by atoms with Crippen molar-refractivity contribution < 1.29 is 19.7 Å². The molecule has 2 N–H and O–H groups in total. The van der Waals surface area contributed by atoms with Gasteiger partial charge in [-0.25, -0.2) is 0 Å². The zero-order valence-corrected chi connectivity index (χ0v) is 18.2. The zero-order valence-electron chi connectivity index (χ0n) is 18.2. The molecule has 5 heteroatoms. The Labute approximate surface area is 180 Å². The number of aliphatic hydroxyl groups excluding tert-OH is 2. The van der Waals surface area contributed by atoms with Crippen LogP contribution in [0.15, 0.2) is 48.5 Å². The molecule has 30 heavy (non-hydrogen) atoms. The summed E-state index contributed by atoms with van der Waals surface area (Å²) in [7, 11) is 3.39. The largest absolute Gasteiger partial charge is 0.497 e. The van der Waals surface area contributed by atoms with Gasteiger partial charge in [-0.3, -0.25) is 4.90 Å². The molecule has 164 valence electrons. The van der Waals surface area contributed by atoms with Crippen molar-refractivity contribution in [2.75, 3.05) is 27.4 Å². The second-order valence-electron chi connectivity index (χ2n) is 8.20. The number of likely N-dealkylation sites (tertiary alicyclic amines) is 1. The van der Waals surface area contributed by atoms with Crippen LogP contribution in [-0.4, -0.2) is 60.7 Å². The lowest BCUT2D eigenvalue weighted by atomic mass is 10.0. The Morgan fingerprint density at radius 1 is 0.900 bits per heavy atom. The summed E-state index contributed by atoms with van der Waals surface area (Å²) in [6.45, 7) is 0.337. The molecule has 5 nitrogen and oxygen atoms in total. The van der Waals surface area contributed by atoms with Crippen LogP contribution in [0, 0.1) is 0 Å². The molecule has 3 atom stereocenters. The van der Waals surface area contributed by atoms with Crippen LogP contribution in [0.3, 0.4) is 0 Å². The number of aliphatic hydroxyl groups is 2. The number of nitrogens with zero attached hydrogens (tertiary/aromatic N) is 1. The van der Waals surface area contributed by atoms with Crippen LogP contribution in [0.2, 0.25) is 0 Å². The van der Waals surface area contributed by atoms with E-state index in [2.05, 4.69) is 29.2 Å². The van der Waals surface area contributed by atoms with Crippen LogP contribution < -0.4 is 9.47 Å². The summed E-state index contributed by atoms with van der Waals surface area (Å²) in [5.74, 6) is 1.78. The van der Waals surface area contributed by atoms with Crippen molar-refractivity contribution in [2.45, 2.75) is 56.7 Å². The van der Waals surface area contributed by atoms with Crippen molar-refractivity contribution in [3.63, 3.8) is 0 Å². The molecule has 0 saturated carbocycles. The number of aryl methyl sites for hydroxylation is 2. The third-order valence-electron chi connectivity index (χ3n) is 6.20. The molecule has 3 rings (SSSR count). The molecule has 2 aromatic carbocycles. The predicted molar refractivity (Wildman–Crippen MR) is 119 cm³/mol. The van der Waals surface area contributed by atoms with Gasteiger partial charge in [0.1, 0.15) is 11.5 Å². The first kappa shape index (κ1) is 22.6. The van der Waals surface area contributed by atoms with Crippen LogP contribution in [0.5, 0.6) is 11.5 Å². The quantitative estimate of drug-likeness (QED) is 0.591. The van der Waals surface area contributed by atoms with Crippen molar-refractivity contribution in [3.8, 4) is 11.5 Å². The summed E-state index contributed by atoms with van der Waals surface area (Å²) >= 11 is 0. The van der Waals surface area contributed by atoms with Crippen LogP contribution >= 0.6 is 0 Å². The highest BCUT2D eigenvalue weighted by Crippen LogP contribution is 2.31. The second kappa shape index (κ2) is 11.3. The number of hydrogen-bond acceptors (Lipinski definition) is 5. The smallest absolute Gasteiger partial charge is 0.119 e. The standard InChI is InChI=1S/C25H35NO4/c1-29-24-7-3-5-19(15-24)9-11-21-13-14-22(26(21)17-23(28)18-27)12-10-20-6-4-8-25(16-20)30-2/h3-8,15-16,21-23,27-28H,9-14,17-18H2,1-2H3/t21-,22+,23-/m1/s1. The maximum absolute atomic E-state index is 10.1. The topological polar surface area (TPSA) is 62.2 Å². The van der Waals surface area contributed by atoms with Crippen LogP contribution in [0.1, 0.15) is 36.8 Å². The van der Waals surface area contributed by atoms with Gasteiger partial charge in [0.25, 0.3) is 0 Å². The maximum atomic E-state index is 10.1. The summed E-state index contributed by atoms with van der Waals surface area (Å²) in [6.07, 6.45) is 5.62. The van der Waals surface area contributed by atoms with E-state index in [1.165, 1.54) is 11.1 Å². The van der Waals surface area contributed by atoms with Crippen molar-refractivity contribution in [1.29, 1.82) is 0 Å². The Bertz CT molecular complexity index is 722. The molecule has 0 aliphatic carbocycles. The van der Waals surface area contributed by atoms with Crippen molar-refractivity contribution in [2.24, 2.45) is 0 Å². The van der Waals surface area contributed by atoms with Gasteiger partial charge in [0.15, 0.2) is 0 Å². The molecule has 0 bridgehead atoms. The van der Waals surface area contributed by atoms with E-state index in [0.29, 0.717) is 18.6 Å². The number of benzene rings is 2.